The lowest BCUT2D eigenvalue weighted by molar-refractivity contribution is -0.131. The van der Waals surface area contributed by atoms with Crippen LogP contribution in [0.4, 0.5) is 18.0 Å². The van der Waals surface area contributed by atoms with Gasteiger partial charge >= 0.3 is 12.2 Å². The van der Waals surface area contributed by atoms with Gasteiger partial charge in [0.1, 0.15) is 0 Å². The number of primary amides is 1. The summed E-state index contributed by atoms with van der Waals surface area (Å²) >= 11 is 0. The third-order valence-electron chi connectivity index (χ3n) is 1.25. The Labute approximate surface area is 77.8 Å². The molecule has 4 N–H and O–H groups in total. The van der Waals surface area contributed by atoms with E-state index in [9.17, 15) is 22.8 Å². The lowest BCUT2D eigenvalue weighted by atomic mass is 10.3. The number of carbonyl (C=O) groups excluding carboxylic acids is 2. The quantitative estimate of drug-likeness (QED) is 0.603. The van der Waals surface area contributed by atoms with Crippen LogP contribution in [0.2, 0.25) is 0 Å². The minimum absolute atomic E-state index is 0.901. The molecule has 0 aliphatic heterocycles. The van der Waals surface area contributed by atoms with Crippen molar-refractivity contribution in [2.24, 2.45) is 5.73 Å². The first-order valence-electron chi connectivity index (χ1n) is 3.63. The van der Waals surface area contributed by atoms with Gasteiger partial charge in [0, 0.05) is 0 Å². The van der Waals surface area contributed by atoms with Gasteiger partial charge in [-0.15, -0.1) is 0 Å². The van der Waals surface area contributed by atoms with Gasteiger partial charge in [-0.25, -0.2) is 4.79 Å². The summed E-state index contributed by atoms with van der Waals surface area (Å²) in [7, 11) is 0. The van der Waals surface area contributed by atoms with Gasteiger partial charge in [-0.05, 0) is 6.92 Å². The second-order valence-corrected chi connectivity index (χ2v) is 2.57. The largest absolute Gasteiger partial charge is 0.401 e. The summed E-state index contributed by atoms with van der Waals surface area (Å²) in [5.74, 6) is -0.901. The average molecular weight is 213 g/mol. The number of urea groups is 1. The van der Waals surface area contributed by atoms with Crippen molar-refractivity contribution in [1.29, 1.82) is 0 Å². The van der Waals surface area contributed by atoms with Gasteiger partial charge in [-0.2, -0.15) is 13.2 Å². The maximum absolute atomic E-state index is 11.7. The molecule has 0 aromatic carbocycles. The van der Waals surface area contributed by atoms with Crippen molar-refractivity contribution in [2.75, 3.05) is 6.54 Å². The molecule has 1 atom stereocenters. The maximum atomic E-state index is 11.7. The van der Waals surface area contributed by atoms with E-state index in [2.05, 4.69) is 5.73 Å². The monoisotopic (exact) mass is 213 g/mol. The minimum atomic E-state index is -4.40. The molecule has 0 aromatic heterocycles. The summed E-state index contributed by atoms with van der Waals surface area (Å²) in [4.78, 5) is 21.0. The van der Waals surface area contributed by atoms with Gasteiger partial charge in [0.2, 0.25) is 5.91 Å². The van der Waals surface area contributed by atoms with E-state index in [1.54, 1.807) is 5.32 Å². The number of amides is 3. The Balaban J connectivity index is 3.90. The molecule has 14 heavy (non-hydrogen) atoms. The van der Waals surface area contributed by atoms with Crippen molar-refractivity contribution in [3.8, 4) is 0 Å². The Morgan fingerprint density at radius 2 is 1.93 bits per heavy atom. The number of hydrogen-bond donors (Lipinski definition) is 3. The van der Waals surface area contributed by atoms with Crippen molar-refractivity contribution >= 4 is 11.9 Å². The van der Waals surface area contributed by atoms with Crippen LogP contribution in [0.25, 0.3) is 0 Å². The lowest BCUT2D eigenvalue weighted by Gasteiger charge is -2.13. The van der Waals surface area contributed by atoms with E-state index in [-0.39, 0.29) is 0 Å². The molecule has 0 heterocycles. The molecule has 0 aliphatic carbocycles. The van der Waals surface area contributed by atoms with Gasteiger partial charge in [0.25, 0.3) is 0 Å². The summed E-state index contributed by atoms with van der Waals surface area (Å²) in [6.45, 7) is -0.121. The fourth-order valence-corrected chi connectivity index (χ4v) is 0.591. The van der Waals surface area contributed by atoms with Crippen molar-refractivity contribution in [3.63, 3.8) is 0 Å². The number of imide groups is 1. The van der Waals surface area contributed by atoms with E-state index in [1.165, 1.54) is 6.92 Å². The molecule has 0 bridgehead atoms. The maximum Gasteiger partial charge on any atom is 0.401 e. The number of hydrogen-bond acceptors (Lipinski definition) is 3. The zero-order valence-corrected chi connectivity index (χ0v) is 7.31. The predicted octanol–water partition coefficient (Wildman–Crippen LogP) is -0.278. The topological polar surface area (TPSA) is 84.2 Å². The Morgan fingerprint density at radius 1 is 1.43 bits per heavy atom. The van der Waals surface area contributed by atoms with Crippen LogP contribution >= 0.6 is 0 Å². The van der Waals surface area contributed by atoms with Gasteiger partial charge in [0.15, 0.2) is 0 Å². The van der Waals surface area contributed by atoms with Crippen molar-refractivity contribution in [1.82, 2.24) is 10.6 Å². The average Bonchev–Trinajstić information content (AvgIpc) is 1.97. The van der Waals surface area contributed by atoms with Gasteiger partial charge in [-0.1, -0.05) is 0 Å². The highest BCUT2D eigenvalue weighted by atomic mass is 19.4. The molecule has 5 nitrogen and oxygen atoms in total. The summed E-state index contributed by atoms with van der Waals surface area (Å²) in [5, 5.41) is 3.53. The van der Waals surface area contributed by atoms with E-state index in [4.69, 9.17) is 0 Å². The predicted molar refractivity (Wildman–Crippen MR) is 41.2 cm³/mol. The summed E-state index contributed by atoms with van der Waals surface area (Å²) < 4.78 is 35.0. The van der Waals surface area contributed by atoms with Crippen LogP contribution in [-0.4, -0.2) is 30.7 Å². The van der Waals surface area contributed by atoms with E-state index in [0.717, 1.165) is 0 Å². The fourth-order valence-electron chi connectivity index (χ4n) is 0.591. The SMILES string of the molecule is CC(NCC(F)(F)F)C(=O)NC(N)=O. The van der Waals surface area contributed by atoms with Crippen LogP contribution in [0.1, 0.15) is 6.92 Å². The van der Waals surface area contributed by atoms with Crippen LogP contribution in [0.3, 0.4) is 0 Å². The molecule has 0 saturated heterocycles. The Kier molecular flexibility index (Phi) is 4.35. The normalized spacial score (nSPS) is 13.4. The first-order chi connectivity index (χ1) is 6.22. The summed E-state index contributed by atoms with van der Waals surface area (Å²) in [6, 6.07) is -2.24. The molecular weight excluding hydrogens is 203 g/mol. The first-order valence-corrected chi connectivity index (χ1v) is 3.63. The minimum Gasteiger partial charge on any atom is -0.351 e. The van der Waals surface area contributed by atoms with Gasteiger partial charge in [-0.3, -0.25) is 15.4 Å². The number of halogens is 3. The Morgan fingerprint density at radius 3 is 2.29 bits per heavy atom. The van der Waals surface area contributed by atoms with Gasteiger partial charge < -0.3 is 5.73 Å². The third kappa shape index (κ3) is 6.23. The van der Waals surface area contributed by atoms with Crippen LogP contribution in [-0.2, 0) is 4.79 Å². The highest BCUT2D eigenvalue weighted by molar-refractivity contribution is 5.96. The molecule has 0 aliphatic rings. The highest BCUT2D eigenvalue weighted by Gasteiger charge is 2.28. The van der Waals surface area contributed by atoms with Crippen molar-refractivity contribution in [3.05, 3.63) is 0 Å². The van der Waals surface area contributed by atoms with E-state index in [1.807, 2.05) is 5.32 Å². The van der Waals surface area contributed by atoms with Crippen LogP contribution in [0.15, 0.2) is 0 Å². The van der Waals surface area contributed by atoms with E-state index in [0.29, 0.717) is 0 Å². The number of nitrogens with two attached hydrogens (primary N) is 1. The standard InChI is InChI=1S/C6H10F3N3O2/c1-3(4(13)12-5(10)14)11-2-6(7,8)9/h3,11H,2H2,1H3,(H3,10,12,13,14). The third-order valence-corrected chi connectivity index (χ3v) is 1.25. The molecule has 0 radical (unpaired) electrons. The number of rotatable bonds is 3. The second kappa shape index (κ2) is 4.80. The molecule has 0 fully saturated rings. The molecule has 0 saturated carbocycles. The van der Waals surface area contributed by atoms with Gasteiger partial charge in [0.05, 0.1) is 12.6 Å². The summed E-state index contributed by atoms with van der Waals surface area (Å²) in [6.07, 6.45) is -4.40. The zero-order valence-electron chi connectivity index (χ0n) is 7.31. The van der Waals surface area contributed by atoms with E-state index >= 15 is 0 Å². The smallest absolute Gasteiger partial charge is 0.351 e. The summed E-state index contributed by atoms with van der Waals surface area (Å²) in [5.41, 5.74) is 4.59. The Bertz CT molecular complexity index is 229. The highest BCUT2D eigenvalue weighted by Crippen LogP contribution is 2.12. The molecule has 0 rings (SSSR count). The molecule has 82 valence electrons. The number of nitrogens with one attached hydrogen (secondary N) is 2. The molecule has 1 unspecified atom stereocenters. The molecular formula is C6H10F3N3O2. The number of carbonyl (C=O) groups is 2. The van der Waals surface area contributed by atoms with Crippen molar-refractivity contribution in [2.45, 2.75) is 19.1 Å². The fraction of sp³-hybridized carbons (Fsp3) is 0.667. The van der Waals surface area contributed by atoms with Crippen LogP contribution in [0, 0.1) is 0 Å². The van der Waals surface area contributed by atoms with Crippen molar-refractivity contribution < 1.29 is 22.8 Å². The van der Waals surface area contributed by atoms with Crippen LogP contribution < -0.4 is 16.4 Å². The first kappa shape index (κ1) is 12.7. The molecule has 0 aromatic rings. The zero-order chi connectivity index (χ0) is 11.4. The second-order valence-electron chi connectivity index (χ2n) is 2.57. The molecule has 3 amide bonds. The Hall–Kier alpha value is -1.31. The molecule has 0 spiro atoms. The van der Waals surface area contributed by atoms with Crippen LogP contribution in [0.5, 0.6) is 0 Å². The van der Waals surface area contributed by atoms with E-state index < -0.39 is 30.7 Å². The lowest BCUT2D eigenvalue weighted by Crippen LogP contribution is -2.48. The number of alkyl halides is 3. The molecule has 8 heteroatoms.